The smallest absolute Gasteiger partial charge is 0.114 e. The summed E-state index contributed by atoms with van der Waals surface area (Å²) in [6.07, 6.45) is 0. The first-order valence-corrected chi connectivity index (χ1v) is 6.94. The zero-order chi connectivity index (χ0) is 14.1. The van der Waals surface area contributed by atoms with Gasteiger partial charge in [0, 0.05) is 26.2 Å². The van der Waals surface area contributed by atoms with Gasteiger partial charge in [0.1, 0.15) is 5.60 Å². The normalized spacial score (nSPS) is 14.6. The Bertz CT molecular complexity index is 345. The number of benzene rings is 1. The van der Waals surface area contributed by atoms with E-state index in [2.05, 4.69) is 11.8 Å². The molecule has 0 saturated carbocycles. The lowest BCUT2D eigenvalue weighted by Crippen LogP contribution is -2.46. The van der Waals surface area contributed by atoms with E-state index in [1.54, 1.807) is 0 Å². The van der Waals surface area contributed by atoms with Gasteiger partial charge in [-0.3, -0.25) is 4.90 Å². The van der Waals surface area contributed by atoms with Crippen molar-refractivity contribution in [3.8, 4) is 0 Å². The highest BCUT2D eigenvalue weighted by molar-refractivity contribution is 5.23. The first-order valence-electron chi connectivity index (χ1n) is 6.94. The fourth-order valence-corrected chi connectivity index (χ4v) is 2.08. The van der Waals surface area contributed by atoms with E-state index in [1.165, 1.54) is 0 Å². The van der Waals surface area contributed by atoms with Crippen molar-refractivity contribution in [2.24, 2.45) is 5.73 Å². The average molecular weight is 266 g/mol. The Labute approximate surface area is 116 Å². The molecule has 1 rings (SSSR count). The van der Waals surface area contributed by atoms with E-state index in [1.807, 2.05) is 37.3 Å². The quantitative estimate of drug-likeness (QED) is 0.659. The number of rotatable bonds is 9. The van der Waals surface area contributed by atoms with Crippen LogP contribution in [0.1, 0.15) is 19.4 Å². The third kappa shape index (κ3) is 4.91. The van der Waals surface area contributed by atoms with Crippen LogP contribution in [0.15, 0.2) is 30.3 Å². The molecule has 1 unspecified atom stereocenters. The lowest BCUT2D eigenvalue weighted by atomic mass is 9.93. The van der Waals surface area contributed by atoms with Crippen LogP contribution in [0.25, 0.3) is 0 Å². The maximum atomic E-state index is 10.7. The molecule has 0 radical (unpaired) electrons. The van der Waals surface area contributed by atoms with Gasteiger partial charge in [-0.2, -0.15) is 0 Å². The number of hydrogen-bond acceptors (Lipinski definition) is 4. The first-order chi connectivity index (χ1) is 9.16. The van der Waals surface area contributed by atoms with Gasteiger partial charge < -0.3 is 15.6 Å². The van der Waals surface area contributed by atoms with Crippen LogP contribution in [0, 0.1) is 0 Å². The molecule has 0 spiro atoms. The summed E-state index contributed by atoms with van der Waals surface area (Å²) in [5.41, 5.74) is 5.66. The maximum absolute atomic E-state index is 10.7. The van der Waals surface area contributed by atoms with Gasteiger partial charge in [-0.05, 0) is 19.0 Å². The highest BCUT2D eigenvalue weighted by atomic mass is 16.5. The summed E-state index contributed by atoms with van der Waals surface area (Å²) in [4.78, 5) is 2.16. The van der Waals surface area contributed by atoms with Gasteiger partial charge in [0.25, 0.3) is 0 Å². The van der Waals surface area contributed by atoms with Crippen LogP contribution in [0.3, 0.4) is 0 Å². The van der Waals surface area contributed by atoms with Gasteiger partial charge in [-0.1, -0.05) is 37.3 Å². The van der Waals surface area contributed by atoms with E-state index in [9.17, 15) is 5.11 Å². The van der Waals surface area contributed by atoms with E-state index < -0.39 is 5.60 Å². The second-order valence-corrected chi connectivity index (χ2v) is 4.67. The molecule has 0 aliphatic heterocycles. The summed E-state index contributed by atoms with van der Waals surface area (Å²) in [6.45, 7) is 7.86. The van der Waals surface area contributed by atoms with E-state index in [0.29, 0.717) is 13.2 Å². The van der Waals surface area contributed by atoms with Gasteiger partial charge >= 0.3 is 0 Å². The molecule has 19 heavy (non-hydrogen) atoms. The molecule has 3 N–H and O–H groups in total. The van der Waals surface area contributed by atoms with E-state index >= 15 is 0 Å². The zero-order valence-corrected chi connectivity index (χ0v) is 12.0. The number of nitrogens with two attached hydrogens (primary N) is 1. The van der Waals surface area contributed by atoms with E-state index in [0.717, 1.165) is 25.3 Å². The van der Waals surface area contributed by atoms with Crippen LogP contribution < -0.4 is 5.73 Å². The fourth-order valence-electron chi connectivity index (χ4n) is 2.08. The predicted molar refractivity (Wildman–Crippen MR) is 78.0 cm³/mol. The van der Waals surface area contributed by atoms with Crippen LogP contribution in [0.5, 0.6) is 0 Å². The number of aliphatic hydroxyl groups is 1. The van der Waals surface area contributed by atoms with Crippen molar-refractivity contribution in [2.75, 3.05) is 39.4 Å². The fraction of sp³-hybridized carbons (Fsp3) is 0.600. The summed E-state index contributed by atoms with van der Waals surface area (Å²) >= 11 is 0. The summed E-state index contributed by atoms with van der Waals surface area (Å²) < 4.78 is 5.37. The summed E-state index contributed by atoms with van der Waals surface area (Å²) in [5.74, 6) is 0. The zero-order valence-electron chi connectivity index (χ0n) is 12.0. The predicted octanol–water partition coefficient (Wildman–Crippen LogP) is 1.19. The van der Waals surface area contributed by atoms with Crippen molar-refractivity contribution in [3.63, 3.8) is 0 Å². The van der Waals surface area contributed by atoms with Gasteiger partial charge in [-0.15, -0.1) is 0 Å². The Morgan fingerprint density at radius 3 is 2.47 bits per heavy atom. The number of nitrogens with zero attached hydrogens (tertiary/aromatic N) is 1. The second-order valence-electron chi connectivity index (χ2n) is 4.67. The van der Waals surface area contributed by atoms with Crippen LogP contribution in [0.2, 0.25) is 0 Å². The van der Waals surface area contributed by atoms with Crippen LogP contribution >= 0.6 is 0 Å². The van der Waals surface area contributed by atoms with Crippen LogP contribution in [0.4, 0.5) is 0 Å². The summed E-state index contributed by atoms with van der Waals surface area (Å²) in [6, 6.07) is 9.62. The number of likely N-dealkylation sites (N-methyl/N-ethyl adjacent to an activating group) is 1. The molecule has 0 fully saturated rings. The van der Waals surface area contributed by atoms with Crippen molar-refractivity contribution < 1.29 is 9.84 Å². The van der Waals surface area contributed by atoms with Gasteiger partial charge in [0.15, 0.2) is 0 Å². The molecule has 0 aliphatic rings. The van der Waals surface area contributed by atoms with Crippen LogP contribution in [-0.2, 0) is 10.3 Å². The molecule has 108 valence electrons. The summed E-state index contributed by atoms with van der Waals surface area (Å²) in [7, 11) is 0. The third-order valence-corrected chi connectivity index (χ3v) is 3.34. The maximum Gasteiger partial charge on any atom is 0.114 e. The standard InChI is InChI=1S/C15H26N2O2/c1-3-17(10-11-19-4-2)13-15(18,12-16)14-8-6-5-7-9-14/h5-9,18H,3-4,10-13,16H2,1-2H3. The Balaban J connectivity index is 2.68. The van der Waals surface area contributed by atoms with Gasteiger partial charge in [0.2, 0.25) is 0 Å². The van der Waals surface area contributed by atoms with E-state index in [-0.39, 0.29) is 6.54 Å². The molecular weight excluding hydrogens is 240 g/mol. The largest absolute Gasteiger partial charge is 0.382 e. The Morgan fingerprint density at radius 1 is 1.26 bits per heavy atom. The average Bonchev–Trinajstić information content (AvgIpc) is 2.47. The SMILES string of the molecule is CCOCCN(CC)CC(O)(CN)c1ccccc1. The van der Waals surface area contributed by atoms with E-state index in [4.69, 9.17) is 10.5 Å². The molecule has 0 aromatic heterocycles. The van der Waals surface area contributed by atoms with Crippen molar-refractivity contribution in [3.05, 3.63) is 35.9 Å². The highest BCUT2D eigenvalue weighted by Gasteiger charge is 2.29. The van der Waals surface area contributed by atoms with Crippen molar-refractivity contribution in [1.29, 1.82) is 0 Å². The lowest BCUT2D eigenvalue weighted by Gasteiger charge is -2.33. The van der Waals surface area contributed by atoms with Gasteiger partial charge in [-0.25, -0.2) is 0 Å². The number of hydrogen-bond donors (Lipinski definition) is 2. The molecule has 0 saturated heterocycles. The topological polar surface area (TPSA) is 58.7 Å². The monoisotopic (exact) mass is 266 g/mol. The molecule has 1 aromatic rings. The molecular formula is C15H26N2O2. The lowest BCUT2D eigenvalue weighted by molar-refractivity contribution is 0.000198. The Hall–Kier alpha value is -0.940. The molecule has 0 heterocycles. The molecule has 1 atom stereocenters. The molecule has 0 amide bonds. The molecule has 4 nitrogen and oxygen atoms in total. The first kappa shape index (κ1) is 16.1. The minimum Gasteiger partial charge on any atom is -0.382 e. The minimum absolute atomic E-state index is 0.210. The molecule has 0 aliphatic carbocycles. The highest BCUT2D eigenvalue weighted by Crippen LogP contribution is 2.21. The van der Waals surface area contributed by atoms with Crippen LogP contribution in [-0.4, -0.2) is 49.4 Å². The van der Waals surface area contributed by atoms with Gasteiger partial charge in [0.05, 0.1) is 6.61 Å². The molecule has 1 aromatic carbocycles. The van der Waals surface area contributed by atoms with Crippen molar-refractivity contribution in [1.82, 2.24) is 4.90 Å². The third-order valence-electron chi connectivity index (χ3n) is 3.34. The number of ether oxygens (including phenoxy) is 1. The Morgan fingerprint density at radius 2 is 1.95 bits per heavy atom. The molecule has 0 bridgehead atoms. The van der Waals surface area contributed by atoms with Crippen molar-refractivity contribution >= 4 is 0 Å². The summed E-state index contributed by atoms with van der Waals surface area (Å²) in [5, 5.41) is 10.7. The Kier molecular flexibility index (Phi) is 7.02. The second kappa shape index (κ2) is 8.27. The van der Waals surface area contributed by atoms with Crippen molar-refractivity contribution in [2.45, 2.75) is 19.4 Å². The minimum atomic E-state index is -0.997. The molecule has 4 heteroatoms.